The molecule has 0 amide bonds. The van der Waals surface area contributed by atoms with Crippen molar-refractivity contribution >= 4 is 11.6 Å². The van der Waals surface area contributed by atoms with Gasteiger partial charge in [-0.05, 0) is 18.2 Å². The molecule has 78 valence electrons. The van der Waals surface area contributed by atoms with Crippen molar-refractivity contribution < 1.29 is 4.79 Å². The average molecular weight is 212 g/mol. The number of carbonyl (C=O) groups is 1. The highest BCUT2D eigenvalue weighted by molar-refractivity contribution is 5.95. The first-order valence-electron chi connectivity index (χ1n) is 4.82. The van der Waals surface area contributed by atoms with E-state index < -0.39 is 0 Å². The van der Waals surface area contributed by atoms with Crippen LogP contribution in [-0.2, 0) is 0 Å². The first kappa shape index (κ1) is 8.84. The van der Waals surface area contributed by atoms with E-state index in [2.05, 4.69) is 10.1 Å². The number of pyridine rings is 1. The van der Waals surface area contributed by atoms with Crippen molar-refractivity contribution in [1.29, 1.82) is 0 Å². The van der Waals surface area contributed by atoms with Crippen molar-refractivity contribution in [3.8, 4) is 0 Å². The lowest BCUT2D eigenvalue weighted by Gasteiger charge is -2.01. The number of fused-ring (bicyclic) bond motifs is 1. The van der Waals surface area contributed by atoms with Crippen LogP contribution < -0.4 is 0 Å². The van der Waals surface area contributed by atoms with Gasteiger partial charge in [0.1, 0.15) is 5.65 Å². The molecule has 0 saturated heterocycles. The number of nitrogens with zero attached hydrogens (tertiary/aromatic N) is 4. The van der Waals surface area contributed by atoms with Gasteiger partial charge in [0.15, 0.2) is 0 Å². The molecule has 0 spiro atoms. The van der Waals surface area contributed by atoms with E-state index in [9.17, 15) is 4.79 Å². The van der Waals surface area contributed by atoms with Gasteiger partial charge in [0.25, 0.3) is 5.91 Å². The molecule has 0 aliphatic rings. The topological polar surface area (TPSA) is 52.2 Å². The Morgan fingerprint density at radius 1 is 1.19 bits per heavy atom. The second-order valence-electron chi connectivity index (χ2n) is 3.37. The second kappa shape index (κ2) is 3.30. The Balaban J connectivity index is 2.09. The van der Waals surface area contributed by atoms with Crippen molar-refractivity contribution in [2.24, 2.45) is 0 Å². The zero-order valence-corrected chi connectivity index (χ0v) is 8.32. The summed E-state index contributed by atoms with van der Waals surface area (Å²) in [7, 11) is 0. The van der Waals surface area contributed by atoms with Crippen molar-refractivity contribution in [2.45, 2.75) is 0 Å². The van der Waals surface area contributed by atoms with Crippen LogP contribution in [0.25, 0.3) is 5.65 Å². The molecule has 3 rings (SSSR count). The third-order valence-electron chi connectivity index (χ3n) is 2.35. The Hall–Kier alpha value is -2.43. The lowest BCUT2D eigenvalue weighted by atomic mass is 10.2. The Bertz CT molecular complexity index is 639. The molecule has 0 aromatic carbocycles. The van der Waals surface area contributed by atoms with Crippen molar-refractivity contribution in [3.63, 3.8) is 0 Å². The van der Waals surface area contributed by atoms with E-state index in [1.165, 1.54) is 4.68 Å². The minimum absolute atomic E-state index is 0.152. The van der Waals surface area contributed by atoms with E-state index in [4.69, 9.17) is 0 Å². The molecular formula is C11H8N4O. The van der Waals surface area contributed by atoms with Crippen molar-refractivity contribution in [2.75, 3.05) is 0 Å². The monoisotopic (exact) mass is 212 g/mol. The lowest BCUT2D eigenvalue weighted by Crippen LogP contribution is -2.12. The molecule has 0 radical (unpaired) electrons. The van der Waals surface area contributed by atoms with Crippen molar-refractivity contribution in [1.82, 2.24) is 19.2 Å². The van der Waals surface area contributed by atoms with Crippen LogP contribution in [0.15, 0.2) is 49.2 Å². The highest BCUT2D eigenvalue weighted by Gasteiger charge is 2.08. The smallest absolute Gasteiger partial charge is 0.279 e. The molecule has 5 heteroatoms. The molecule has 0 aliphatic heterocycles. The minimum Gasteiger partial charge on any atom is -0.306 e. The van der Waals surface area contributed by atoms with Crippen LogP contribution in [0, 0.1) is 0 Å². The van der Waals surface area contributed by atoms with Gasteiger partial charge >= 0.3 is 0 Å². The minimum atomic E-state index is -0.152. The van der Waals surface area contributed by atoms with E-state index in [0.29, 0.717) is 5.56 Å². The Morgan fingerprint density at radius 3 is 2.94 bits per heavy atom. The van der Waals surface area contributed by atoms with Gasteiger partial charge in [0.2, 0.25) is 0 Å². The molecule has 16 heavy (non-hydrogen) atoms. The maximum atomic E-state index is 11.9. The number of hydrogen-bond acceptors (Lipinski definition) is 3. The fourth-order valence-electron chi connectivity index (χ4n) is 1.57. The van der Waals surface area contributed by atoms with Gasteiger partial charge in [0, 0.05) is 31.0 Å². The normalized spacial score (nSPS) is 10.8. The van der Waals surface area contributed by atoms with Crippen molar-refractivity contribution in [3.05, 3.63) is 54.7 Å². The second-order valence-corrected chi connectivity index (χ2v) is 3.37. The first-order chi connectivity index (χ1) is 7.84. The maximum Gasteiger partial charge on any atom is 0.279 e. The number of hydrogen-bond donors (Lipinski definition) is 0. The summed E-state index contributed by atoms with van der Waals surface area (Å²) < 4.78 is 3.11. The average Bonchev–Trinajstić information content (AvgIpc) is 2.98. The van der Waals surface area contributed by atoms with Crippen LogP contribution in [0.1, 0.15) is 10.4 Å². The van der Waals surface area contributed by atoms with E-state index in [1.807, 2.05) is 0 Å². The third-order valence-corrected chi connectivity index (χ3v) is 2.35. The summed E-state index contributed by atoms with van der Waals surface area (Å²) in [6.07, 6.45) is 8.44. The predicted molar refractivity (Wildman–Crippen MR) is 57.1 cm³/mol. The standard InChI is InChI=1S/C11H8N4O/c16-11(15-6-1-4-13-15)9-2-3-10-12-5-7-14(10)8-9/h1-8H. The number of rotatable bonds is 1. The lowest BCUT2D eigenvalue weighted by molar-refractivity contribution is 0.0944. The molecule has 0 bridgehead atoms. The number of aromatic nitrogens is 4. The summed E-state index contributed by atoms with van der Waals surface area (Å²) in [5.74, 6) is -0.152. The van der Waals surface area contributed by atoms with Gasteiger partial charge in [-0.2, -0.15) is 5.10 Å². The van der Waals surface area contributed by atoms with Crippen LogP contribution in [0.3, 0.4) is 0 Å². The summed E-state index contributed by atoms with van der Waals surface area (Å²) in [4.78, 5) is 16.1. The summed E-state index contributed by atoms with van der Waals surface area (Å²) in [6, 6.07) is 5.26. The molecule has 3 aromatic rings. The summed E-state index contributed by atoms with van der Waals surface area (Å²) in [6.45, 7) is 0. The largest absolute Gasteiger partial charge is 0.306 e. The highest BCUT2D eigenvalue weighted by atomic mass is 16.2. The van der Waals surface area contributed by atoms with Gasteiger partial charge in [-0.25, -0.2) is 9.67 Å². The van der Waals surface area contributed by atoms with E-state index in [-0.39, 0.29) is 5.91 Å². The molecule has 0 N–H and O–H groups in total. The van der Waals surface area contributed by atoms with Crippen LogP contribution in [0.2, 0.25) is 0 Å². The first-order valence-corrected chi connectivity index (χ1v) is 4.82. The molecule has 0 saturated carbocycles. The summed E-state index contributed by atoms with van der Waals surface area (Å²) in [5, 5.41) is 3.90. The van der Waals surface area contributed by atoms with Gasteiger partial charge in [-0.1, -0.05) is 0 Å². The molecule has 5 nitrogen and oxygen atoms in total. The number of carbonyl (C=O) groups excluding carboxylic acids is 1. The van der Waals surface area contributed by atoms with E-state index in [0.717, 1.165) is 5.65 Å². The molecule has 0 atom stereocenters. The molecule has 0 aliphatic carbocycles. The Kier molecular flexibility index (Phi) is 1.83. The van der Waals surface area contributed by atoms with Gasteiger partial charge in [0.05, 0.1) is 5.56 Å². The van der Waals surface area contributed by atoms with E-state index in [1.54, 1.807) is 53.6 Å². The van der Waals surface area contributed by atoms with Crippen LogP contribution in [-0.4, -0.2) is 25.1 Å². The summed E-state index contributed by atoms with van der Waals surface area (Å²) in [5.41, 5.74) is 1.39. The highest BCUT2D eigenvalue weighted by Crippen LogP contribution is 2.06. The fraction of sp³-hybridized carbons (Fsp3) is 0. The SMILES string of the molecule is O=C(c1ccc2nccn2c1)n1cccn1. The van der Waals surface area contributed by atoms with Crippen LogP contribution in [0.5, 0.6) is 0 Å². The zero-order valence-electron chi connectivity index (χ0n) is 8.32. The molecule has 3 aromatic heterocycles. The third kappa shape index (κ3) is 1.30. The molecule has 3 heterocycles. The summed E-state index contributed by atoms with van der Waals surface area (Å²) >= 11 is 0. The van der Waals surface area contributed by atoms with Crippen LogP contribution in [0.4, 0.5) is 0 Å². The van der Waals surface area contributed by atoms with E-state index >= 15 is 0 Å². The Morgan fingerprint density at radius 2 is 2.12 bits per heavy atom. The number of imidazole rings is 1. The van der Waals surface area contributed by atoms with Gasteiger partial charge in [-0.3, -0.25) is 4.79 Å². The van der Waals surface area contributed by atoms with Gasteiger partial charge < -0.3 is 4.40 Å². The van der Waals surface area contributed by atoms with Crippen LogP contribution >= 0.6 is 0 Å². The Labute approximate surface area is 91.0 Å². The molecule has 0 fully saturated rings. The van der Waals surface area contributed by atoms with Gasteiger partial charge in [-0.15, -0.1) is 0 Å². The quantitative estimate of drug-likeness (QED) is 0.609. The predicted octanol–water partition coefficient (Wildman–Crippen LogP) is 1.22. The molecular weight excluding hydrogens is 204 g/mol. The molecule has 0 unspecified atom stereocenters. The zero-order chi connectivity index (χ0) is 11.0. The maximum absolute atomic E-state index is 11.9. The fourth-order valence-corrected chi connectivity index (χ4v) is 1.57.